The van der Waals surface area contributed by atoms with Crippen molar-refractivity contribution in [3.8, 4) is 0 Å². The Morgan fingerprint density at radius 3 is 2.90 bits per heavy atom. The molecule has 1 aromatic heterocycles. The van der Waals surface area contributed by atoms with Gasteiger partial charge in [0.25, 0.3) is 0 Å². The molecule has 4 nitrogen and oxygen atoms in total. The number of nitrogens with two attached hydrogens (primary N) is 1. The molecule has 1 rings (SSSR count). The van der Waals surface area contributed by atoms with E-state index in [0.29, 0.717) is 5.76 Å². The highest BCUT2D eigenvalue weighted by Gasteiger charge is 1.97. The van der Waals surface area contributed by atoms with Gasteiger partial charge in [-0.15, -0.1) is 12.4 Å². The van der Waals surface area contributed by atoms with Crippen molar-refractivity contribution in [1.82, 2.24) is 5.16 Å². The van der Waals surface area contributed by atoms with Gasteiger partial charge in [0.2, 0.25) is 0 Å². The van der Waals surface area contributed by atoms with E-state index in [2.05, 4.69) is 9.99 Å². The molecular formula is C5H9ClN2O2. The molecule has 10 heavy (non-hydrogen) atoms. The number of aromatic nitrogens is 1. The molecule has 2 N–H and O–H groups in total. The number of hydrogen-bond donors (Lipinski definition) is 1. The molecule has 1 heterocycles. The van der Waals surface area contributed by atoms with Crippen LogP contribution in [-0.2, 0) is 11.4 Å². The van der Waals surface area contributed by atoms with Gasteiger partial charge in [-0.05, 0) is 6.92 Å². The predicted molar refractivity (Wildman–Crippen MR) is 37.5 cm³/mol. The highest BCUT2D eigenvalue weighted by Crippen LogP contribution is 2.01. The van der Waals surface area contributed by atoms with Gasteiger partial charge < -0.3 is 4.52 Å². The standard InChI is InChI=1S/C5H8N2O2.ClH/c1-4-2-5(3-8-6)9-7-4;/h2H,3,6H2,1H3;1H. The Hall–Kier alpha value is -0.580. The highest BCUT2D eigenvalue weighted by molar-refractivity contribution is 5.85. The normalized spacial score (nSPS) is 9.00. The van der Waals surface area contributed by atoms with Crippen LogP contribution in [0.5, 0.6) is 0 Å². The fraction of sp³-hybridized carbons (Fsp3) is 0.400. The van der Waals surface area contributed by atoms with E-state index in [1.54, 1.807) is 6.07 Å². The summed E-state index contributed by atoms with van der Waals surface area (Å²) in [4.78, 5) is 4.31. The summed E-state index contributed by atoms with van der Waals surface area (Å²) in [5.74, 6) is 5.43. The number of aryl methyl sites for hydroxylation is 1. The number of rotatable bonds is 2. The van der Waals surface area contributed by atoms with Crippen molar-refractivity contribution in [3.05, 3.63) is 17.5 Å². The van der Waals surface area contributed by atoms with Crippen LogP contribution in [0.1, 0.15) is 11.5 Å². The Balaban J connectivity index is 0.000000810. The van der Waals surface area contributed by atoms with Gasteiger partial charge in [0.1, 0.15) is 6.61 Å². The predicted octanol–water partition coefficient (Wildman–Crippen LogP) is 0.795. The molecule has 0 unspecified atom stereocenters. The molecule has 0 aliphatic heterocycles. The quantitative estimate of drug-likeness (QED) is 0.657. The minimum absolute atomic E-state index is 0. The third-order valence-corrected chi connectivity index (χ3v) is 0.902. The number of hydrogen-bond acceptors (Lipinski definition) is 4. The minimum Gasteiger partial charge on any atom is -0.359 e. The van der Waals surface area contributed by atoms with Gasteiger partial charge in [-0.1, -0.05) is 5.16 Å². The Kier molecular flexibility index (Phi) is 4.02. The zero-order valence-corrected chi connectivity index (χ0v) is 6.35. The van der Waals surface area contributed by atoms with Crippen molar-refractivity contribution in [3.63, 3.8) is 0 Å². The van der Waals surface area contributed by atoms with Crippen molar-refractivity contribution in [2.24, 2.45) is 5.90 Å². The van der Waals surface area contributed by atoms with Gasteiger partial charge in [-0.3, -0.25) is 4.84 Å². The summed E-state index contributed by atoms with van der Waals surface area (Å²) >= 11 is 0. The van der Waals surface area contributed by atoms with Crippen molar-refractivity contribution >= 4 is 12.4 Å². The molecule has 0 aromatic carbocycles. The summed E-state index contributed by atoms with van der Waals surface area (Å²) in [6.07, 6.45) is 0. The van der Waals surface area contributed by atoms with E-state index in [1.807, 2.05) is 6.92 Å². The first-order chi connectivity index (χ1) is 4.33. The highest BCUT2D eigenvalue weighted by atomic mass is 35.5. The Bertz CT molecular complexity index is 190. The van der Waals surface area contributed by atoms with Crippen LogP contribution in [0.15, 0.2) is 10.6 Å². The summed E-state index contributed by atoms with van der Waals surface area (Å²) in [6.45, 7) is 2.12. The molecule has 0 radical (unpaired) electrons. The zero-order valence-electron chi connectivity index (χ0n) is 5.53. The molecule has 5 heteroatoms. The second kappa shape index (κ2) is 4.27. The molecular weight excluding hydrogens is 156 g/mol. The first-order valence-electron chi connectivity index (χ1n) is 2.57. The average Bonchev–Trinajstić information content (AvgIpc) is 2.17. The van der Waals surface area contributed by atoms with Crippen LogP contribution < -0.4 is 5.90 Å². The second-order valence-electron chi connectivity index (χ2n) is 1.75. The van der Waals surface area contributed by atoms with Crippen LogP contribution in [0.4, 0.5) is 0 Å². The van der Waals surface area contributed by atoms with Gasteiger partial charge >= 0.3 is 0 Å². The molecule has 58 valence electrons. The third kappa shape index (κ3) is 2.34. The molecule has 0 spiro atoms. The lowest BCUT2D eigenvalue weighted by Crippen LogP contribution is -1.96. The van der Waals surface area contributed by atoms with Crippen molar-refractivity contribution in [2.45, 2.75) is 13.5 Å². The third-order valence-electron chi connectivity index (χ3n) is 0.902. The SMILES string of the molecule is Cc1cc(CON)on1.Cl. The van der Waals surface area contributed by atoms with E-state index >= 15 is 0 Å². The van der Waals surface area contributed by atoms with Gasteiger partial charge in [-0.25, -0.2) is 5.90 Å². The fourth-order valence-electron chi connectivity index (χ4n) is 0.566. The monoisotopic (exact) mass is 164 g/mol. The molecule has 0 aliphatic rings. The summed E-state index contributed by atoms with van der Waals surface area (Å²) in [7, 11) is 0. The molecule has 0 atom stereocenters. The maximum atomic E-state index is 4.78. The molecule has 0 amide bonds. The van der Waals surface area contributed by atoms with Gasteiger partial charge in [0.15, 0.2) is 5.76 Å². The van der Waals surface area contributed by atoms with Crippen molar-refractivity contribution < 1.29 is 9.36 Å². The lowest BCUT2D eigenvalue weighted by molar-refractivity contribution is 0.103. The maximum absolute atomic E-state index is 4.78. The Morgan fingerprint density at radius 2 is 2.50 bits per heavy atom. The van der Waals surface area contributed by atoms with Crippen LogP contribution in [0.3, 0.4) is 0 Å². The van der Waals surface area contributed by atoms with Crippen molar-refractivity contribution in [1.29, 1.82) is 0 Å². The summed E-state index contributed by atoms with van der Waals surface area (Å²) < 4.78 is 4.75. The van der Waals surface area contributed by atoms with E-state index in [-0.39, 0.29) is 19.0 Å². The van der Waals surface area contributed by atoms with E-state index in [0.717, 1.165) is 5.69 Å². The fourth-order valence-corrected chi connectivity index (χ4v) is 0.566. The molecule has 0 saturated heterocycles. The second-order valence-corrected chi connectivity index (χ2v) is 1.75. The van der Waals surface area contributed by atoms with Crippen LogP contribution in [0.2, 0.25) is 0 Å². The van der Waals surface area contributed by atoms with E-state index < -0.39 is 0 Å². The summed E-state index contributed by atoms with van der Waals surface area (Å²) in [5, 5.41) is 3.62. The lowest BCUT2D eigenvalue weighted by atomic mass is 10.4. The summed E-state index contributed by atoms with van der Waals surface area (Å²) in [5.41, 5.74) is 0.835. The Labute approximate surface area is 64.7 Å². The van der Waals surface area contributed by atoms with Crippen LogP contribution in [0.25, 0.3) is 0 Å². The van der Waals surface area contributed by atoms with E-state index in [1.165, 1.54) is 0 Å². The van der Waals surface area contributed by atoms with Gasteiger partial charge in [0.05, 0.1) is 5.69 Å². The van der Waals surface area contributed by atoms with Crippen molar-refractivity contribution in [2.75, 3.05) is 0 Å². The smallest absolute Gasteiger partial charge is 0.164 e. The van der Waals surface area contributed by atoms with E-state index in [4.69, 9.17) is 10.4 Å². The molecule has 0 saturated carbocycles. The van der Waals surface area contributed by atoms with Gasteiger partial charge in [0, 0.05) is 6.07 Å². The summed E-state index contributed by atoms with van der Waals surface area (Å²) in [6, 6.07) is 1.77. The molecule has 0 fully saturated rings. The maximum Gasteiger partial charge on any atom is 0.164 e. The molecule has 0 aliphatic carbocycles. The number of halogens is 1. The molecule has 1 aromatic rings. The number of nitrogens with zero attached hydrogens (tertiary/aromatic N) is 1. The largest absolute Gasteiger partial charge is 0.359 e. The van der Waals surface area contributed by atoms with Crippen LogP contribution in [-0.4, -0.2) is 5.16 Å². The Morgan fingerprint density at radius 1 is 1.80 bits per heavy atom. The topological polar surface area (TPSA) is 61.3 Å². The van der Waals surface area contributed by atoms with Crippen LogP contribution >= 0.6 is 12.4 Å². The minimum atomic E-state index is 0. The van der Waals surface area contributed by atoms with Gasteiger partial charge in [-0.2, -0.15) is 0 Å². The first kappa shape index (κ1) is 9.42. The van der Waals surface area contributed by atoms with Crippen LogP contribution in [0, 0.1) is 6.92 Å². The molecule has 0 bridgehead atoms. The zero-order chi connectivity index (χ0) is 6.69. The average molecular weight is 165 g/mol. The first-order valence-corrected chi connectivity index (χ1v) is 2.57. The lowest BCUT2D eigenvalue weighted by Gasteiger charge is -1.86. The van der Waals surface area contributed by atoms with E-state index in [9.17, 15) is 0 Å².